The summed E-state index contributed by atoms with van der Waals surface area (Å²) in [6.45, 7) is 2.09. The van der Waals surface area contributed by atoms with Crippen LogP contribution in [0.1, 0.15) is 13.3 Å². The Bertz CT molecular complexity index is 617. The molecule has 3 nitrogen and oxygen atoms in total. The van der Waals surface area contributed by atoms with Gasteiger partial charge in [0.25, 0.3) is 10.1 Å². The fraction of sp³-hybridized carbons (Fsp3) is 0.231. The fourth-order valence-electron chi connectivity index (χ4n) is 1.58. The molecule has 17 heavy (non-hydrogen) atoms. The first-order valence-electron chi connectivity index (χ1n) is 5.52. The fourth-order valence-corrected chi connectivity index (χ4v) is 2.61. The summed E-state index contributed by atoms with van der Waals surface area (Å²) in [5.41, 5.74) is 0. The maximum absolute atomic E-state index is 11.8. The molecule has 0 saturated heterocycles. The minimum atomic E-state index is -3.61. The zero-order chi connectivity index (χ0) is 12.3. The molecule has 0 aliphatic carbocycles. The van der Waals surface area contributed by atoms with Gasteiger partial charge in [0.2, 0.25) is 0 Å². The highest BCUT2D eigenvalue weighted by Crippen LogP contribution is 2.20. The van der Waals surface area contributed by atoms with Gasteiger partial charge in [-0.1, -0.05) is 37.3 Å². The van der Waals surface area contributed by atoms with Crippen LogP contribution in [0.3, 0.4) is 0 Å². The first-order chi connectivity index (χ1) is 8.13. The minimum Gasteiger partial charge on any atom is -0.266 e. The maximum Gasteiger partial charge on any atom is 0.296 e. The summed E-state index contributed by atoms with van der Waals surface area (Å²) in [6, 6.07) is 12.6. The Labute approximate surface area is 101 Å². The van der Waals surface area contributed by atoms with Crippen LogP contribution in [-0.2, 0) is 14.3 Å². The Balaban J connectivity index is 2.42. The van der Waals surface area contributed by atoms with Crippen molar-refractivity contribution < 1.29 is 12.6 Å². The Morgan fingerprint density at radius 3 is 2.47 bits per heavy atom. The molecule has 2 rings (SSSR count). The monoisotopic (exact) mass is 250 g/mol. The molecule has 0 spiro atoms. The van der Waals surface area contributed by atoms with Gasteiger partial charge >= 0.3 is 0 Å². The van der Waals surface area contributed by atoms with E-state index in [1.54, 1.807) is 18.2 Å². The van der Waals surface area contributed by atoms with Crippen LogP contribution in [0.15, 0.2) is 47.4 Å². The van der Waals surface area contributed by atoms with E-state index >= 15 is 0 Å². The molecule has 2 aromatic carbocycles. The van der Waals surface area contributed by atoms with Gasteiger partial charge in [-0.2, -0.15) is 8.42 Å². The molecule has 2 aromatic rings. The maximum atomic E-state index is 11.8. The average Bonchev–Trinajstić information content (AvgIpc) is 2.36. The molecule has 0 atom stereocenters. The number of rotatable bonds is 4. The van der Waals surface area contributed by atoms with Crippen molar-refractivity contribution >= 4 is 20.9 Å². The molecule has 0 aliphatic rings. The predicted octanol–water partition coefficient (Wildman–Crippen LogP) is 2.96. The zero-order valence-electron chi connectivity index (χ0n) is 9.59. The normalized spacial score (nSPS) is 11.8. The van der Waals surface area contributed by atoms with Gasteiger partial charge < -0.3 is 0 Å². The van der Waals surface area contributed by atoms with Crippen LogP contribution in [0.2, 0.25) is 0 Å². The third-order valence-electron chi connectivity index (χ3n) is 2.45. The summed E-state index contributed by atoms with van der Waals surface area (Å²) in [4.78, 5) is 0.213. The molecular weight excluding hydrogens is 236 g/mol. The molecule has 0 saturated carbocycles. The third kappa shape index (κ3) is 2.65. The molecule has 0 N–H and O–H groups in total. The number of fused-ring (bicyclic) bond motifs is 1. The van der Waals surface area contributed by atoms with Gasteiger partial charge in [0.1, 0.15) is 0 Å². The van der Waals surface area contributed by atoms with Gasteiger partial charge in [-0.25, -0.2) is 0 Å². The zero-order valence-corrected chi connectivity index (χ0v) is 10.4. The average molecular weight is 250 g/mol. The van der Waals surface area contributed by atoms with Crippen LogP contribution in [0.4, 0.5) is 0 Å². The molecular formula is C13H14O3S. The van der Waals surface area contributed by atoms with E-state index in [0.29, 0.717) is 6.42 Å². The van der Waals surface area contributed by atoms with Crippen LogP contribution >= 0.6 is 0 Å². The molecule has 4 heteroatoms. The van der Waals surface area contributed by atoms with E-state index in [4.69, 9.17) is 4.18 Å². The van der Waals surface area contributed by atoms with Gasteiger partial charge in [0, 0.05) is 0 Å². The van der Waals surface area contributed by atoms with Gasteiger partial charge in [0.05, 0.1) is 11.5 Å². The Morgan fingerprint density at radius 2 is 1.76 bits per heavy atom. The molecule has 0 radical (unpaired) electrons. The van der Waals surface area contributed by atoms with Crippen molar-refractivity contribution in [2.24, 2.45) is 0 Å². The molecule has 0 unspecified atom stereocenters. The summed E-state index contributed by atoms with van der Waals surface area (Å²) < 4.78 is 28.5. The first-order valence-corrected chi connectivity index (χ1v) is 6.92. The van der Waals surface area contributed by atoms with Crippen molar-refractivity contribution in [2.75, 3.05) is 6.61 Å². The smallest absolute Gasteiger partial charge is 0.266 e. The summed E-state index contributed by atoms with van der Waals surface area (Å²) in [5, 5.41) is 1.91. The van der Waals surface area contributed by atoms with Crippen molar-refractivity contribution in [1.29, 1.82) is 0 Å². The lowest BCUT2D eigenvalue weighted by Crippen LogP contribution is -2.06. The van der Waals surface area contributed by atoms with Crippen molar-refractivity contribution in [3.63, 3.8) is 0 Å². The van der Waals surface area contributed by atoms with Crippen LogP contribution in [0, 0.1) is 0 Å². The van der Waals surface area contributed by atoms with Gasteiger partial charge in [0.15, 0.2) is 0 Å². The third-order valence-corrected chi connectivity index (χ3v) is 3.76. The summed E-state index contributed by atoms with van der Waals surface area (Å²) in [7, 11) is -3.61. The van der Waals surface area contributed by atoms with E-state index < -0.39 is 10.1 Å². The molecule has 0 heterocycles. The van der Waals surface area contributed by atoms with E-state index in [-0.39, 0.29) is 11.5 Å². The quantitative estimate of drug-likeness (QED) is 0.783. The highest BCUT2D eigenvalue weighted by molar-refractivity contribution is 7.86. The second kappa shape index (κ2) is 4.85. The number of hydrogen-bond donors (Lipinski definition) is 0. The van der Waals surface area contributed by atoms with Crippen LogP contribution < -0.4 is 0 Å². The molecule has 0 amide bonds. The van der Waals surface area contributed by atoms with Crippen molar-refractivity contribution in [3.05, 3.63) is 42.5 Å². The van der Waals surface area contributed by atoms with E-state index in [0.717, 1.165) is 10.8 Å². The van der Waals surface area contributed by atoms with E-state index in [2.05, 4.69) is 0 Å². The Kier molecular flexibility index (Phi) is 3.45. The lowest BCUT2D eigenvalue weighted by Gasteiger charge is -2.05. The molecule has 0 bridgehead atoms. The van der Waals surface area contributed by atoms with Crippen LogP contribution in [-0.4, -0.2) is 15.0 Å². The second-order valence-electron chi connectivity index (χ2n) is 3.79. The predicted molar refractivity (Wildman–Crippen MR) is 67.4 cm³/mol. The summed E-state index contributed by atoms with van der Waals surface area (Å²) >= 11 is 0. The highest BCUT2D eigenvalue weighted by Gasteiger charge is 2.14. The standard InChI is InChI=1S/C13H14O3S/c1-2-9-16-17(14,15)13-8-7-11-5-3-4-6-12(11)10-13/h3-8,10H,2,9H2,1H3. The molecule has 0 fully saturated rings. The molecule has 90 valence electrons. The number of benzene rings is 2. The van der Waals surface area contributed by atoms with E-state index in [1.165, 1.54) is 0 Å². The van der Waals surface area contributed by atoms with E-state index in [1.807, 2.05) is 31.2 Å². The topological polar surface area (TPSA) is 43.4 Å². The van der Waals surface area contributed by atoms with Crippen molar-refractivity contribution in [1.82, 2.24) is 0 Å². The summed E-state index contributed by atoms with van der Waals surface area (Å²) in [5.74, 6) is 0. The molecule has 0 aliphatic heterocycles. The van der Waals surface area contributed by atoms with Crippen molar-refractivity contribution in [3.8, 4) is 0 Å². The van der Waals surface area contributed by atoms with Crippen LogP contribution in [0.25, 0.3) is 10.8 Å². The Hall–Kier alpha value is -1.39. The Morgan fingerprint density at radius 1 is 1.06 bits per heavy atom. The van der Waals surface area contributed by atoms with Gasteiger partial charge in [-0.15, -0.1) is 0 Å². The number of hydrogen-bond acceptors (Lipinski definition) is 3. The lowest BCUT2D eigenvalue weighted by molar-refractivity contribution is 0.318. The van der Waals surface area contributed by atoms with E-state index in [9.17, 15) is 8.42 Å². The SMILES string of the molecule is CCCOS(=O)(=O)c1ccc2ccccc2c1. The first kappa shape index (κ1) is 12.1. The minimum absolute atomic E-state index is 0.213. The second-order valence-corrected chi connectivity index (χ2v) is 5.40. The largest absolute Gasteiger partial charge is 0.296 e. The van der Waals surface area contributed by atoms with Crippen LogP contribution in [0.5, 0.6) is 0 Å². The van der Waals surface area contributed by atoms with Crippen molar-refractivity contribution in [2.45, 2.75) is 18.2 Å². The summed E-state index contributed by atoms with van der Waals surface area (Å²) in [6.07, 6.45) is 0.673. The highest BCUT2D eigenvalue weighted by atomic mass is 32.2. The lowest BCUT2D eigenvalue weighted by atomic mass is 10.1. The van der Waals surface area contributed by atoms with Gasteiger partial charge in [-0.3, -0.25) is 4.18 Å². The van der Waals surface area contributed by atoms with Gasteiger partial charge in [-0.05, 0) is 29.3 Å². The molecule has 0 aromatic heterocycles.